The van der Waals surface area contributed by atoms with Gasteiger partial charge < -0.3 is 16.0 Å². The van der Waals surface area contributed by atoms with E-state index in [1.165, 1.54) is 5.56 Å². The van der Waals surface area contributed by atoms with E-state index in [4.69, 9.17) is 5.73 Å². The number of rotatable bonds is 8. The second kappa shape index (κ2) is 6.48. The smallest absolute Gasteiger partial charge is 0.239 e. The van der Waals surface area contributed by atoms with Crippen LogP contribution in [-0.2, 0) is 11.2 Å². The molecule has 3 N–H and O–H groups in total. The number of benzene rings is 1. The molecule has 1 saturated carbocycles. The van der Waals surface area contributed by atoms with Gasteiger partial charge in [-0.25, -0.2) is 0 Å². The third kappa shape index (κ3) is 3.38. The Morgan fingerprint density at radius 2 is 1.95 bits per heavy atom. The summed E-state index contributed by atoms with van der Waals surface area (Å²) in [5, 5.41) is 3.36. The summed E-state index contributed by atoms with van der Waals surface area (Å²) in [6.45, 7) is 5.54. The minimum Gasteiger partial charge on any atom is -0.372 e. The molecule has 4 heteroatoms. The average molecular weight is 289 g/mol. The Balaban J connectivity index is 2.16. The average Bonchev–Trinajstić information content (AvgIpc) is 3.31. The number of hydrogen-bond acceptors (Lipinski definition) is 3. The zero-order valence-corrected chi connectivity index (χ0v) is 13.4. The van der Waals surface area contributed by atoms with Crippen LogP contribution in [0.1, 0.15) is 32.3 Å². The first kappa shape index (κ1) is 15.8. The lowest BCUT2D eigenvalue weighted by molar-refractivity contribution is -0.124. The Hall–Kier alpha value is -1.55. The summed E-state index contributed by atoms with van der Waals surface area (Å²) in [6, 6.07) is 8.51. The molecular weight excluding hydrogens is 262 g/mol. The standard InChI is InChI=1S/C17H27N3O/c1-4-13-6-10-15(11-7-13)20(3)12-17(16(18)21,19-5-2)14-8-9-14/h6-7,10-11,14,19H,4-5,8-9,12H2,1-3H3,(H2,18,21). The fraction of sp³-hybridized carbons (Fsp3) is 0.588. The summed E-state index contributed by atoms with van der Waals surface area (Å²) in [7, 11) is 2.03. The molecule has 116 valence electrons. The van der Waals surface area contributed by atoms with Crippen molar-refractivity contribution in [3.8, 4) is 0 Å². The van der Waals surface area contributed by atoms with Gasteiger partial charge in [-0.3, -0.25) is 4.79 Å². The monoisotopic (exact) mass is 289 g/mol. The number of amides is 1. The molecule has 1 aromatic rings. The Bertz CT molecular complexity index is 481. The van der Waals surface area contributed by atoms with Crippen molar-refractivity contribution in [1.82, 2.24) is 5.32 Å². The SMILES string of the molecule is CCNC(CN(C)c1ccc(CC)cc1)(C(N)=O)C1CC1. The van der Waals surface area contributed by atoms with Gasteiger partial charge in [0, 0.05) is 19.3 Å². The molecule has 2 rings (SSSR count). The molecule has 0 aromatic heterocycles. The van der Waals surface area contributed by atoms with Crippen LogP contribution in [0.5, 0.6) is 0 Å². The molecule has 0 bridgehead atoms. The number of nitrogens with two attached hydrogens (primary N) is 1. The van der Waals surface area contributed by atoms with Crippen molar-refractivity contribution in [2.24, 2.45) is 11.7 Å². The maximum Gasteiger partial charge on any atom is 0.239 e. The second-order valence-electron chi connectivity index (χ2n) is 6.02. The van der Waals surface area contributed by atoms with Gasteiger partial charge in [-0.1, -0.05) is 26.0 Å². The molecule has 4 nitrogen and oxygen atoms in total. The number of nitrogens with one attached hydrogen (secondary N) is 1. The largest absolute Gasteiger partial charge is 0.372 e. The molecule has 1 amide bonds. The van der Waals surface area contributed by atoms with Crippen molar-refractivity contribution in [3.05, 3.63) is 29.8 Å². The Kier molecular flexibility index (Phi) is 4.88. The van der Waals surface area contributed by atoms with Crippen LogP contribution < -0.4 is 16.0 Å². The number of carbonyl (C=O) groups is 1. The lowest BCUT2D eigenvalue weighted by atomic mass is 9.91. The molecule has 1 fully saturated rings. The quantitative estimate of drug-likeness (QED) is 0.769. The third-order valence-electron chi connectivity index (χ3n) is 4.48. The highest BCUT2D eigenvalue weighted by Crippen LogP contribution is 2.40. The van der Waals surface area contributed by atoms with E-state index in [1.807, 2.05) is 14.0 Å². The van der Waals surface area contributed by atoms with E-state index >= 15 is 0 Å². The minimum absolute atomic E-state index is 0.233. The highest BCUT2D eigenvalue weighted by atomic mass is 16.1. The van der Waals surface area contributed by atoms with Gasteiger partial charge in [-0.2, -0.15) is 0 Å². The Labute approximate surface area is 127 Å². The van der Waals surface area contributed by atoms with Crippen LogP contribution in [0, 0.1) is 5.92 Å². The molecule has 21 heavy (non-hydrogen) atoms. The highest BCUT2D eigenvalue weighted by molar-refractivity contribution is 5.86. The van der Waals surface area contributed by atoms with Crippen molar-refractivity contribution in [2.45, 2.75) is 38.6 Å². The first-order valence-electron chi connectivity index (χ1n) is 7.88. The summed E-state index contributed by atoms with van der Waals surface area (Å²) in [4.78, 5) is 14.2. The van der Waals surface area contributed by atoms with Crippen LogP contribution in [-0.4, -0.2) is 31.6 Å². The van der Waals surface area contributed by atoms with Crippen molar-refractivity contribution >= 4 is 11.6 Å². The fourth-order valence-electron chi connectivity index (χ4n) is 3.04. The number of nitrogens with zero attached hydrogens (tertiary/aromatic N) is 1. The van der Waals surface area contributed by atoms with Gasteiger partial charge in [0.15, 0.2) is 0 Å². The molecule has 1 aliphatic rings. The predicted molar refractivity (Wildman–Crippen MR) is 87.4 cm³/mol. The van der Waals surface area contributed by atoms with E-state index in [2.05, 4.69) is 41.4 Å². The predicted octanol–water partition coefficient (Wildman–Crippen LogP) is 1.93. The van der Waals surface area contributed by atoms with Crippen molar-refractivity contribution in [2.75, 3.05) is 25.0 Å². The maximum atomic E-state index is 12.1. The normalized spacial score (nSPS) is 17.3. The summed E-state index contributed by atoms with van der Waals surface area (Å²) in [5.41, 5.74) is 7.58. The first-order chi connectivity index (χ1) is 10.0. The number of aryl methyl sites for hydroxylation is 1. The molecule has 0 saturated heterocycles. The summed E-state index contributed by atoms with van der Waals surface area (Å²) in [5.74, 6) is 0.135. The molecule has 0 heterocycles. The van der Waals surface area contributed by atoms with Gasteiger partial charge in [0.2, 0.25) is 5.91 Å². The van der Waals surface area contributed by atoms with E-state index in [9.17, 15) is 4.79 Å². The Morgan fingerprint density at radius 1 is 1.33 bits per heavy atom. The van der Waals surface area contributed by atoms with Crippen LogP contribution in [0.3, 0.4) is 0 Å². The van der Waals surface area contributed by atoms with Gasteiger partial charge in [0.05, 0.1) is 0 Å². The van der Waals surface area contributed by atoms with Crippen molar-refractivity contribution < 1.29 is 4.79 Å². The van der Waals surface area contributed by atoms with E-state index in [-0.39, 0.29) is 5.91 Å². The van der Waals surface area contributed by atoms with Crippen molar-refractivity contribution in [3.63, 3.8) is 0 Å². The van der Waals surface area contributed by atoms with E-state index < -0.39 is 5.54 Å². The fourth-order valence-corrected chi connectivity index (χ4v) is 3.04. The van der Waals surface area contributed by atoms with E-state index in [0.717, 1.165) is 31.5 Å². The van der Waals surface area contributed by atoms with E-state index in [1.54, 1.807) is 0 Å². The van der Waals surface area contributed by atoms with Crippen LogP contribution in [0.2, 0.25) is 0 Å². The van der Waals surface area contributed by atoms with Gasteiger partial charge in [0.25, 0.3) is 0 Å². The second-order valence-corrected chi connectivity index (χ2v) is 6.02. The zero-order chi connectivity index (χ0) is 15.5. The molecule has 1 aromatic carbocycles. The van der Waals surface area contributed by atoms with Crippen LogP contribution >= 0.6 is 0 Å². The number of carbonyl (C=O) groups excluding carboxylic acids is 1. The minimum atomic E-state index is -0.604. The number of anilines is 1. The number of hydrogen-bond donors (Lipinski definition) is 2. The van der Waals surface area contributed by atoms with Crippen molar-refractivity contribution in [1.29, 1.82) is 0 Å². The zero-order valence-electron chi connectivity index (χ0n) is 13.4. The molecule has 0 radical (unpaired) electrons. The van der Waals surface area contributed by atoms with Crippen LogP contribution in [0.25, 0.3) is 0 Å². The van der Waals surface area contributed by atoms with E-state index in [0.29, 0.717) is 12.5 Å². The van der Waals surface area contributed by atoms with Gasteiger partial charge in [0.1, 0.15) is 5.54 Å². The lowest BCUT2D eigenvalue weighted by Crippen LogP contribution is -2.63. The van der Waals surface area contributed by atoms with Gasteiger partial charge >= 0.3 is 0 Å². The van der Waals surface area contributed by atoms with Crippen LogP contribution in [0.4, 0.5) is 5.69 Å². The van der Waals surface area contributed by atoms with Crippen LogP contribution in [0.15, 0.2) is 24.3 Å². The molecule has 1 aliphatic carbocycles. The summed E-state index contributed by atoms with van der Waals surface area (Å²) in [6.07, 6.45) is 3.20. The third-order valence-corrected chi connectivity index (χ3v) is 4.48. The molecule has 1 unspecified atom stereocenters. The van der Waals surface area contributed by atoms with Gasteiger partial charge in [-0.05, 0) is 49.4 Å². The summed E-state index contributed by atoms with van der Waals surface area (Å²) >= 11 is 0. The molecular formula is C17H27N3O. The Morgan fingerprint density at radius 3 is 2.38 bits per heavy atom. The lowest BCUT2D eigenvalue weighted by Gasteiger charge is -2.36. The molecule has 1 atom stereocenters. The first-order valence-corrected chi connectivity index (χ1v) is 7.88. The molecule has 0 spiro atoms. The number of likely N-dealkylation sites (N-methyl/N-ethyl adjacent to an activating group) is 2. The summed E-state index contributed by atoms with van der Waals surface area (Å²) < 4.78 is 0. The maximum absolute atomic E-state index is 12.1. The number of primary amides is 1. The molecule has 0 aliphatic heterocycles. The van der Waals surface area contributed by atoms with Gasteiger partial charge in [-0.15, -0.1) is 0 Å². The highest BCUT2D eigenvalue weighted by Gasteiger charge is 2.49. The topological polar surface area (TPSA) is 58.4 Å².